The molecule has 1 aromatic rings. The number of ketones is 1. The minimum Gasteiger partial charge on any atom is -0.506 e. The van der Waals surface area contributed by atoms with Gasteiger partial charge in [-0.05, 0) is 0 Å². The Morgan fingerprint density at radius 3 is 2.22 bits per heavy atom. The second-order valence-corrected chi connectivity index (χ2v) is 3.90. The first-order valence-corrected chi connectivity index (χ1v) is 5.08. The molecule has 3 N–H and O–H groups in total. The second-order valence-electron chi connectivity index (χ2n) is 3.02. The zero-order valence-corrected chi connectivity index (χ0v) is 9.17. The van der Waals surface area contributed by atoms with E-state index in [4.69, 9.17) is 5.11 Å². The highest BCUT2D eigenvalue weighted by Crippen LogP contribution is 2.34. The predicted molar refractivity (Wildman–Crippen MR) is 54.6 cm³/mol. The molecule has 5 nitrogen and oxygen atoms in total. The number of thiophene rings is 1. The lowest BCUT2D eigenvalue weighted by Gasteiger charge is -2.01. The van der Waals surface area contributed by atoms with Gasteiger partial charge < -0.3 is 15.3 Å². The van der Waals surface area contributed by atoms with Crippen molar-refractivity contribution >= 4 is 28.8 Å². The van der Waals surface area contributed by atoms with Crippen LogP contribution in [-0.2, 0) is 4.79 Å². The van der Waals surface area contributed by atoms with E-state index in [0.29, 0.717) is 11.3 Å². The van der Waals surface area contributed by atoms with Crippen LogP contribution >= 0.6 is 11.3 Å². The number of aliphatic hydroxyl groups excluding tert-OH is 1. The van der Waals surface area contributed by atoms with Gasteiger partial charge in [-0.1, -0.05) is 0 Å². The standard InChI is InChI=1S/C9H5F3O5S/c10-9(11,12)5(14)1-4(13)7-6(15)3(2-18-7)8(16)17/h1-2,13,15H,(H,16,17). The average Bonchev–Trinajstić information content (AvgIpc) is 2.58. The number of hydrogen-bond donors (Lipinski definition) is 3. The van der Waals surface area contributed by atoms with Gasteiger partial charge in [0.1, 0.15) is 16.2 Å². The van der Waals surface area contributed by atoms with E-state index >= 15 is 0 Å². The Bertz CT molecular complexity index is 529. The molecule has 1 heterocycles. The predicted octanol–water partition coefficient (Wildman–Crippen LogP) is 2.18. The van der Waals surface area contributed by atoms with Crippen LogP contribution in [0, 0.1) is 0 Å². The average molecular weight is 282 g/mol. The minimum absolute atomic E-state index is 0.128. The van der Waals surface area contributed by atoms with E-state index in [2.05, 4.69) is 0 Å². The first-order valence-electron chi connectivity index (χ1n) is 4.20. The molecular formula is C9H5F3O5S. The molecule has 1 rings (SSSR count). The highest BCUT2D eigenvalue weighted by molar-refractivity contribution is 7.11. The third kappa shape index (κ3) is 2.80. The Hall–Kier alpha value is -2.03. The normalized spacial score (nSPS) is 12.5. The lowest BCUT2D eigenvalue weighted by molar-refractivity contribution is -0.165. The maximum Gasteiger partial charge on any atom is 0.454 e. The molecule has 0 aliphatic rings. The van der Waals surface area contributed by atoms with Crippen molar-refractivity contribution < 1.29 is 38.1 Å². The first-order chi connectivity index (χ1) is 8.14. The van der Waals surface area contributed by atoms with Crippen molar-refractivity contribution in [3.05, 3.63) is 21.9 Å². The number of alkyl halides is 3. The molecule has 0 atom stereocenters. The summed E-state index contributed by atoms with van der Waals surface area (Å²) >= 11 is 0.497. The Morgan fingerprint density at radius 2 is 1.83 bits per heavy atom. The molecule has 0 bridgehead atoms. The number of halogens is 3. The molecule has 98 valence electrons. The SMILES string of the molecule is O=C(O)c1csc(C(O)=CC(=O)C(F)(F)F)c1O. The molecule has 0 spiro atoms. The van der Waals surface area contributed by atoms with Gasteiger partial charge >= 0.3 is 12.1 Å². The highest BCUT2D eigenvalue weighted by atomic mass is 32.1. The van der Waals surface area contributed by atoms with Crippen molar-refractivity contribution in [3.63, 3.8) is 0 Å². The summed E-state index contributed by atoms with van der Waals surface area (Å²) in [6.45, 7) is 0. The van der Waals surface area contributed by atoms with Gasteiger partial charge in [0.05, 0.1) is 0 Å². The van der Waals surface area contributed by atoms with E-state index in [9.17, 15) is 33.0 Å². The van der Waals surface area contributed by atoms with Crippen LogP contribution in [0.2, 0.25) is 0 Å². The molecular weight excluding hydrogens is 277 g/mol. The van der Waals surface area contributed by atoms with Crippen molar-refractivity contribution in [3.8, 4) is 5.75 Å². The van der Waals surface area contributed by atoms with Gasteiger partial charge in [0, 0.05) is 11.5 Å². The molecule has 0 amide bonds. The fourth-order valence-electron chi connectivity index (χ4n) is 0.957. The Balaban J connectivity index is 3.13. The molecule has 0 radical (unpaired) electrons. The van der Waals surface area contributed by atoms with Crippen LogP contribution in [-0.4, -0.2) is 33.2 Å². The topological polar surface area (TPSA) is 94.8 Å². The fraction of sp³-hybridized carbons (Fsp3) is 0.111. The lowest BCUT2D eigenvalue weighted by atomic mass is 10.2. The summed E-state index contributed by atoms with van der Waals surface area (Å²) in [6, 6.07) is 0. The lowest BCUT2D eigenvalue weighted by Crippen LogP contribution is -2.20. The maximum atomic E-state index is 11.9. The molecule has 0 aliphatic carbocycles. The van der Waals surface area contributed by atoms with Crippen LogP contribution in [0.25, 0.3) is 5.76 Å². The number of hydrogen-bond acceptors (Lipinski definition) is 5. The van der Waals surface area contributed by atoms with Gasteiger partial charge in [0.2, 0.25) is 0 Å². The summed E-state index contributed by atoms with van der Waals surface area (Å²) in [5.74, 6) is -5.86. The van der Waals surface area contributed by atoms with E-state index in [-0.39, 0.29) is 6.08 Å². The van der Waals surface area contributed by atoms with Crippen molar-refractivity contribution in [1.29, 1.82) is 0 Å². The summed E-state index contributed by atoms with van der Waals surface area (Å²) < 4.78 is 35.7. The van der Waals surface area contributed by atoms with Gasteiger partial charge in [-0.15, -0.1) is 11.3 Å². The van der Waals surface area contributed by atoms with Crippen LogP contribution in [0.3, 0.4) is 0 Å². The van der Waals surface area contributed by atoms with Crippen LogP contribution < -0.4 is 0 Å². The van der Waals surface area contributed by atoms with E-state index < -0.39 is 39.9 Å². The van der Waals surface area contributed by atoms with Crippen LogP contribution in [0.15, 0.2) is 11.5 Å². The van der Waals surface area contributed by atoms with Gasteiger partial charge in [-0.3, -0.25) is 4.79 Å². The quantitative estimate of drug-likeness (QED) is 0.583. The summed E-state index contributed by atoms with van der Waals surface area (Å²) in [5, 5.41) is 28.0. The van der Waals surface area contributed by atoms with Crippen molar-refractivity contribution in [2.45, 2.75) is 6.18 Å². The Labute approximate surface area is 101 Å². The Kier molecular flexibility index (Phi) is 3.65. The number of aromatic hydroxyl groups is 1. The third-order valence-corrected chi connectivity index (χ3v) is 2.77. The summed E-state index contributed by atoms with van der Waals surface area (Å²) in [6.07, 6.45) is -5.28. The van der Waals surface area contributed by atoms with Gasteiger partial charge in [0.25, 0.3) is 5.78 Å². The van der Waals surface area contributed by atoms with Crippen LogP contribution in [0.4, 0.5) is 13.2 Å². The van der Waals surface area contributed by atoms with Gasteiger partial charge in [-0.2, -0.15) is 13.2 Å². The number of aliphatic hydroxyl groups is 1. The number of aromatic carboxylic acids is 1. The van der Waals surface area contributed by atoms with Gasteiger partial charge in [-0.25, -0.2) is 4.79 Å². The number of carboxylic acid groups (broad SMARTS) is 1. The molecule has 1 aromatic heterocycles. The maximum absolute atomic E-state index is 11.9. The van der Waals surface area contributed by atoms with E-state index in [1.165, 1.54) is 0 Å². The van der Waals surface area contributed by atoms with E-state index in [0.717, 1.165) is 5.38 Å². The van der Waals surface area contributed by atoms with Crippen molar-refractivity contribution in [1.82, 2.24) is 0 Å². The van der Waals surface area contributed by atoms with Crippen LogP contribution in [0.1, 0.15) is 15.2 Å². The smallest absolute Gasteiger partial charge is 0.454 e. The zero-order valence-electron chi connectivity index (χ0n) is 8.35. The number of allylic oxidation sites excluding steroid dienone is 1. The molecule has 0 saturated heterocycles. The van der Waals surface area contributed by atoms with Gasteiger partial charge in [0.15, 0.2) is 5.75 Å². The molecule has 0 fully saturated rings. The number of carboxylic acids is 1. The molecule has 0 saturated carbocycles. The van der Waals surface area contributed by atoms with E-state index in [1.807, 2.05) is 0 Å². The summed E-state index contributed by atoms with van der Waals surface area (Å²) in [7, 11) is 0. The highest BCUT2D eigenvalue weighted by Gasteiger charge is 2.37. The molecule has 0 unspecified atom stereocenters. The molecule has 9 heteroatoms. The number of rotatable bonds is 3. The summed E-state index contributed by atoms with van der Waals surface area (Å²) in [4.78, 5) is 20.6. The molecule has 18 heavy (non-hydrogen) atoms. The fourth-order valence-corrected chi connectivity index (χ4v) is 1.81. The monoisotopic (exact) mass is 282 g/mol. The van der Waals surface area contributed by atoms with Crippen LogP contribution in [0.5, 0.6) is 5.75 Å². The van der Waals surface area contributed by atoms with Crippen molar-refractivity contribution in [2.24, 2.45) is 0 Å². The van der Waals surface area contributed by atoms with Crippen molar-refractivity contribution in [2.75, 3.05) is 0 Å². The first kappa shape index (κ1) is 14.0. The molecule has 0 aromatic carbocycles. The number of carbonyl (C=O) groups is 2. The van der Waals surface area contributed by atoms with E-state index in [1.54, 1.807) is 0 Å². The second kappa shape index (κ2) is 4.69. The largest absolute Gasteiger partial charge is 0.506 e. The number of carbonyl (C=O) groups excluding carboxylic acids is 1. The summed E-state index contributed by atoms with van der Waals surface area (Å²) in [5.41, 5.74) is -0.575. The Morgan fingerprint density at radius 1 is 1.28 bits per heavy atom. The zero-order chi connectivity index (χ0) is 14.1. The third-order valence-electron chi connectivity index (χ3n) is 1.78. The minimum atomic E-state index is -5.16. The molecule has 0 aliphatic heterocycles.